The van der Waals surface area contributed by atoms with Crippen LogP contribution in [0.3, 0.4) is 0 Å². The molecular formula is C13H12FN3O3. The van der Waals surface area contributed by atoms with Crippen LogP contribution in [0.15, 0.2) is 17.3 Å². The van der Waals surface area contributed by atoms with Crippen molar-refractivity contribution in [3.05, 3.63) is 23.6 Å². The fraction of sp³-hybridized carbons (Fsp3) is 0.385. The lowest BCUT2D eigenvalue weighted by Crippen LogP contribution is -2.43. The van der Waals surface area contributed by atoms with Gasteiger partial charge in [-0.25, -0.2) is 14.4 Å². The Hall–Kier alpha value is -2.31. The average molecular weight is 277 g/mol. The zero-order valence-electron chi connectivity index (χ0n) is 10.5. The predicted octanol–water partition coefficient (Wildman–Crippen LogP) is 1.24. The Balaban J connectivity index is 2.12. The highest BCUT2D eigenvalue weighted by Gasteiger charge is 2.41. The second-order valence-electron chi connectivity index (χ2n) is 4.82. The number of aliphatic carboxylic acids is 1. The lowest BCUT2D eigenvalue weighted by molar-refractivity contribution is -0.138. The van der Waals surface area contributed by atoms with Crippen molar-refractivity contribution < 1.29 is 19.1 Å². The normalized spacial score (nSPS) is 21.6. The Morgan fingerprint density at radius 2 is 2.10 bits per heavy atom. The van der Waals surface area contributed by atoms with Crippen molar-refractivity contribution in [1.29, 1.82) is 0 Å². The number of pyridine rings is 1. The molecule has 3 heterocycles. The molecule has 1 aromatic heterocycles. The number of amidine groups is 1. The highest BCUT2D eigenvalue weighted by atomic mass is 19.1. The second-order valence-corrected chi connectivity index (χ2v) is 4.82. The smallest absolute Gasteiger partial charge is 0.322 e. The van der Waals surface area contributed by atoms with E-state index in [1.54, 1.807) is 4.90 Å². The number of nitrogens with zero attached hydrogens (tertiary/aromatic N) is 3. The third-order valence-corrected chi connectivity index (χ3v) is 3.52. The van der Waals surface area contributed by atoms with Crippen molar-refractivity contribution in [2.45, 2.75) is 12.8 Å². The average Bonchev–Trinajstić information content (AvgIpc) is 2.92. The molecule has 0 saturated carbocycles. The zero-order valence-corrected chi connectivity index (χ0v) is 10.5. The lowest BCUT2D eigenvalue weighted by atomic mass is 9.93. The van der Waals surface area contributed by atoms with Crippen LogP contribution in [0.2, 0.25) is 0 Å². The summed E-state index contributed by atoms with van der Waals surface area (Å²) in [5.41, 5.74) is -0.0691. The Morgan fingerprint density at radius 3 is 2.75 bits per heavy atom. The minimum absolute atomic E-state index is 0.0691. The van der Waals surface area contributed by atoms with Crippen molar-refractivity contribution in [1.82, 2.24) is 9.88 Å². The van der Waals surface area contributed by atoms with Crippen LogP contribution in [0.4, 0.5) is 10.2 Å². The second kappa shape index (κ2) is 4.66. The molecule has 1 saturated heterocycles. The summed E-state index contributed by atoms with van der Waals surface area (Å²) in [6.07, 6.45) is 2.84. The first-order valence-corrected chi connectivity index (χ1v) is 6.34. The summed E-state index contributed by atoms with van der Waals surface area (Å²) in [5.74, 6) is -3.67. The summed E-state index contributed by atoms with van der Waals surface area (Å²) < 4.78 is 13.2. The van der Waals surface area contributed by atoms with Gasteiger partial charge in [0.1, 0.15) is 11.7 Å². The molecule has 6 nitrogen and oxygen atoms in total. The Morgan fingerprint density at radius 1 is 1.40 bits per heavy atom. The van der Waals surface area contributed by atoms with Crippen LogP contribution in [0, 0.1) is 11.7 Å². The lowest BCUT2D eigenvalue weighted by Gasteiger charge is -2.27. The molecule has 1 atom stereocenters. The van der Waals surface area contributed by atoms with Gasteiger partial charge in [0, 0.05) is 13.1 Å². The Bertz CT molecular complexity index is 623. The number of aromatic nitrogens is 1. The summed E-state index contributed by atoms with van der Waals surface area (Å²) in [5, 5.41) is 9.29. The molecule has 20 heavy (non-hydrogen) atoms. The molecule has 7 heteroatoms. The molecule has 104 valence electrons. The van der Waals surface area contributed by atoms with Gasteiger partial charge in [-0.1, -0.05) is 0 Å². The number of Topliss-reactive ketones (excluding diaryl/α,β-unsaturated/α-hetero) is 1. The first-order valence-electron chi connectivity index (χ1n) is 6.34. The number of ketones is 1. The monoisotopic (exact) mass is 277 g/mol. The third kappa shape index (κ3) is 1.95. The zero-order chi connectivity index (χ0) is 14.3. The fourth-order valence-corrected chi connectivity index (χ4v) is 2.57. The van der Waals surface area contributed by atoms with Crippen LogP contribution in [-0.4, -0.2) is 45.7 Å². The number of aliphatic imine (C=N–C) groups is 1. The highest BCUT2D eigenvalue weighted by molar-refractivity contribution is 6.26. The van der Waals surface area contributed by atoms with E-state index >= 15 is 0 Å². The van der Waals surface area contributed by atoms with Gasteiger partial charge in [-0.3, -0.25) is 9.59 Å². The molecule has 0 amide bonds. The maximum absolute atomic E-state index is 13.2. The molecule has 1 fully saturated rings. The van der Waals surface area contributed by atoms with Crippen molar-refractivity contribution >= 4 is 23.4 Å². The number of hydrogen-bond donors (Lipinski definition) is 1. The van der Waals surface area contributed by atoms with E-state index in [0.29, 0.717) is 13.1 Å². The van der Waals surface area contributed by atoms with Crippen molar-refractivity contribution in [2.75, 3.05) is 13.1 Å². The van der Waals surface area contributed by atoms with Gasteiger partial charge >= 0.3 is 5.97 Å². The van der Waals surface area contributed by atoms with Gasteiger partial charge < -0.3 is 10.0 Å². The molecule has 3 rings (SSSR count). The van der Waals surface area contributed by atoms with Crippen LogP contribution in [-0.2, 0) is 4.79 Å². The van der Waals surface area contributed by atoms with Crippen LogP contribution in [0.5, 0.6) is 0 Å². The first-order chi connectivity index (χ1) is 9.58. The van der Waals surface area contributed by atoms with Gasteiger partial charge in [0.05, 0.1) is 11.8 Å². The maximum atomic E-state index is 13.2. The number of carbonyl (C=O) groups is 2. The largest absolute Gasteiger partial charge is 0.480 e. The molecule has 0 aromatic carbocycles. The number of halogens is 1. The van der Waals surface area contributed by atoms with Gasteiger partial charge in [-0.15, -0.1) is 0 Å². The number of fused-ring (bicyclic) bond motifs is 1. The van der Waals surface area contributed by atoms with Gasteiger partial charge in [-0.2, -0.15) is 0 Å². The molecule has 2 aliphatic heterocycles. The van der Waals surface area contributed by atoms with Crippen LogP contribution in [0.25, 0.3) is 0 Å². The molecular weight excluding hydrogens is 265 g/mol. The highest BCUT2D eigenvalue weighted by Crippen LogP contribution is 2.29. The number of carboxylic acids is 1. The van der Waals surface area contributed by atoms with Crippen LogP contribution >= 0.6 is 0 Å². The minimum atomic E-state index is -1.37. The number of carboxylic acid groups (broad SMARTS) is 1. The van der Waals surface area contributed by atoms with Gasteiger partial charge in [0.2, 0.25) is 0 Å². The predicted molar refractivity (Wildman–Crippen MR) is 67.6 cm³/mol. The van der Waals surface area contributed by atoms with E-state index in [2.05, 4.69) is 9.98 Å². The van der Waals surface area contributed by atoms with E-state index in [9.17, 15) is 19.1 Å². The molecule has 1 N–H and O–H groups in total. The summed E-state index contributed by atoms with van der Waals surface area (Å²) in [6, 6.07) is 0.991. The molecule has 0 aliphatic carbocycles. The molecule has 2 aliphatic rings. The minimum Gasteiger partial charge on any atom is -0.480 e. The molecule has 0 spiro atoms. The molecule has 1 unspecified atom stereocenters. The first kappa shape index (κ1) is 12.7. The van der Waals surface area contributed by atoms with Crippen LogP contribution < -0.4 is 0 Å². The van der Waals surface area contributed by atoms with E-state index in [4.69, 9.17) is 0 Å². The SMILES string of the molecule is O=C(O)C1C(=O)c2cc(F)cnc2N=C1N1CCCC1. The standard InChI is InChI=1S/C13H12FN3O3/c14-7-5-8-10(18)9(13(19)20)12(16-11(8)15-6-7)17-3-1-2-4-17/h5-6,9H,1-4H2,(H,19,20). The number of carbonyl (C=O) groups excluding carboxylic acids is 1. The fourth-order valence-electron chi connectivity index (χ4n) is 2.57. The Kier molecular flexibility index (Phi) is 2.96. The van der Waals surface area contributed by atoms with Crippen LogP contribution in [0.1, 0.15) is 23.2 Å². The molecule has 1 aromatic rings. The quantitative estimate of drug-likeness (QED) is 0.781. The van der Waals surface area contributed by atoms with Crippen molar-refractivity contribution in [3.63, 3.8) is 0 Å². The van der Waals surface area contributed by atoms with E-state index in [1.807, 2.05) is 0 Å². The summed E-state index contributed by atoms with van der Waals surface area (Å²) in [7, 11) is 0. The number of likely N-dealkylation sites (tertiary alicyclic amines) is 1. The van der Waals surface area contributed by atoms with E-state index in [1.165, 1.54) is 0 Å². The summed E-state index contributed by atoms with van der Waals surface area (Å²) >= 11 is 0. The number of rotatable bonds is 1. The third-order valence-electron chi connectivity index (χ3n) is 3.52. The van der Waals surface area contributed by atoms with Crippen molar-refractivity contribution in [2.24, 2.45) is 10.9 Å². The van der Waals surface area contributed by atoms with Gasteiger partial charge in [-0.05, 0) is 18.9 Å². The van der Waals surface area contributed by atoms with Gasteiger partial charge in [0.15, 0.2) is 17.5 Å². The summed E-state index contributed by atoms with van der Waals surface area (Å²) in [4.78, 5) is 33.4. The van der Waals surface area contributed by atoms with Gasteiger partial charge in [0.25, 0.3) is 0 Å². The van der Waals surface area contributed by atoms with E-state index in [0.717, 1.165) is 25.1 Å². The maximum Gasteiger partial charge on any atom is 0.322 e. The Labute approximate surface area is 113 Å². The summed E-state index contributed by atoms with van der Waals surface area (Å²) in [6.45, 7) is 1.35. The van der Waals surface area contributed by atoms with E-state index < -0.39 is 23.5 Å². The molecule has 0 radical (unpaired) electrons. The van der Waals surface area contributed by atoms with E-state index in [-0.39, 0.29) is 17.2 Å². The number of hydrogen-bond acceptors (Lipinski definition) is 5. The topological polar surface area (TPSA) is 82.9 Å². The van der Waals surface area contributed by atoms with Crippen molar-refractivity contribution in [3.8, 4) is 0 Å². The molecule has 0 bridgehead atoms.